The Balaban J connectivity index is 1.69. The molecule has 1 aliphatic heterocycles. The number of benzene rings is 2. The van der Waals surface area contributed by atoms with Crippen molar-refractivity contribution in [3.8, 4) is 0 Å². The predicted octanol–water partition coefficient (Wildman–Crippen LogP) is 3.50. The second kappa shape index (κ2) is 7.64. The van der Waals surface area contributed by atoms with Crippen LogP contribution in [0.4, 0.5) is 15.8 Å². The fourth-order valence-electron chi connectivity index (χ4n) is 2.61. The molecular formula is C18H18ClFN2O2. The van der Waals surface area contributed by atoms with Crippen LogP contribution < -0.4 is 10.2 Å². The monoisotopic (exact) mass is 348 g/mol. The van der Waals surface area contributed by atoms with E-state index < -0.39 is 0 Å². The van der Waals surface area contributed by atoms with E-state index in [0.29, 0.717) is 23.9 Å². The summed E-state index contributed by atoms with van der Waals surface area (Å²) < 4.78 is 18.3. The SMILES string of the molecule is O=C(Cc1ccc(F)cc1)Nc1cc(N2CCOCC2)ccc1Cl. The third-order valence-corrected chi connectivity index (χ3v) is 4.21. The zero-order valence-electron chi connectivity index (χ0n) is 13.1. The van der Waals surface area contributed by atoms with Gasteiger partial charge in [0.1, 0.15) is 5.82 Å². The highest BCUT2D eigenvalue weighted by atomic mass is 35.5. The Kier molecular flexibility index (Phi) is 5.33. The largest absolute Gasteiger partial charge is 0.378 e. The number of halogens is 2. The molecule has 6 heteroatoms. The molecule has 1 fully saturated rings. The number of hydrogen-bond acceptors (Lipinski definition) is 3. The van der Waals surface area contributed by atoms with Crippen molar-refractivity contribution in [2.75, 3.05) is 36.5 Å². The van der Waals surface area contributed by atoms with Crippen molar-refractivity contribution in [1.82, 2.24) is 0 Å². The zero-order chi connectivity index (χ0) is 16.9. The molecule has 24 heavy (non-hydrogen) atoms. The van der Waals surface area contributed by atoms with Gasteiger partial charge in [-0.25, -0.2) is 4.39 Å². The Morgan fingerprint density at radius 2 is 1.88 bits per heavy atom. The van der Waals surface area contributed by atoms with Crippen LogP contribution in [0.5, 0.6) is 0 Å². The normalized spacial score (nSPS) is 14.5. The average Bonchev–Trinajstić information content (AvgIpc) is 2.60. The van der Waals surface area contributed by atoms with E-state index in [4.69, 9.17) is 16.3 Å². The minimum atomic E-state index is -0.319. The van der Waals surface area contributed by atoms with Crippen LogP contribution in [0.2, 0.25) is 5.02 Å². The Morgan fingerprint density at radius 1 is 1.17 bits per heavy atom. The number of anilines is 2. The van der Waals surface area contributed by atoms with Gasteiger partial charge in [0.15, 0.2) is 0 Å². The van der Waals surface area contributed by atoms with Gasteiger partial charge in [-0.15, -0.1) is 0 Å². The van der Waals surface area contributed by atoms with Crippen LogP contribution in [0.3, 0.4) is 0 Å². The van der Waals surface area contributed by atoms with Crippen molar-refractivity contribution in [2.45, 2.75) is 6.42 Å². The number of ether oxygens (including phenoxy) is 1. The molecule has 4 nitrogen and oxygen atoms in total. The maximum absolute atomic E-state index is 12.9. The van der Waals surface area contributed by atoms with Gasteiger partial charge in [0.25, 0.3) is 0 Å². The molecule has 0 radical (unpaired) electrons. The van der Waals surface area contributed by atoms with Gasteiger partial charge in [-0.05, 0) is 35.9 Å². The van der Waals surface area contributed by atoms with Gasteiger partial charge < -0.3 is 15.0 Å². The van der Waals surface area contributed by atoms with Gasteiger partial charge in [0.05, 0.1) is 30.3 Å². The van der Waals surface area contributed by atoms with Gasteiger partial charge in [0, 0.05) is 18.8 Å². The first-order valence-corrected chi connectivity index (χ1v) is 8.16. The first-order valence-electron chi connectivity index (χ1n) is 7.78. The Hall–Kier alpha value is -2.11. The van der Waals surface area contributed by atoms with Crippen LogP contribution in [0.1, 0.15) is 5.56 Å². The van der Waals surface area contributed by atoms with Gasteiger partial charge >= 0.3 is 0 Å². The lowest BCUT2D eigenvalue weighted by Gasteiger charge is -2.29. The molecule has 1 aliphatic rings. The lowest BCUT2D eigenvalue weighted by molar-refractivity contribution is -0.115. The second-order valence-corrected chi connectivity index (χ2v) is 6.02. The van der Waals surface area contributed by atoms with Gasteiger partial charge in [-0.1, -0.05) is 23.7 Å². The molecule has 3 rings (SSSR count). The zero-order valence-corrected chi connectivity index (χ0v) is 13.9. The summed E-state index contributed by atoms with van der Waals surface area (Å²) in [6.07, 6.45) is 0.165. The van der Waals surface area contributed by atoms with Crippen molar-refractivity contribution in [3.05, 3.63) is 58.9 Å². The smallest absolute Gasteiger partial charge is 0.228 e. The van der Waals surface area contributed by atoms with E-state index in [1.807, 2.05) is 12.1 Å². The molecule has 1 heterocycles. The number of amides is 1. The highest BCUT2D eigenvalue weighted by Gasteiger charge is 2.14. The van der Waals surface area contributed by atoms with Crippen LogP contribution in [-0.4, -0.2) is 32.2 Å². The van der Waals surface area contributed by atoms with E-state index in [1.54, 1.807) is 18.2 Å². The highest BCUT2D eigenvalue weighted by Crippen LogP contribution is 2.28. The molecule has 1 amide bonds. The van der Waals surface area contributed by atoms with Gasteiger partial charge in [-0.2, -0.15) is 0 Å². The van der Waals surface area contributed by atoms with Crippen molar-refractivity contribution in [2.24, 2.45) is 0 Å². The third-order valence-electron chi connectivity index (χ3n) is 3.88. The van der Waals surface area contributed by atoms with E-state index in [1.165, 1.54) is 12.1 Å². The molecule has 1 N–H and O–H groups in total. The maximum Gasteiger partial charge on any atom is 0.228 e. The Bertz CT molecular complexity index is 715. The summed E-state index contributed by atoms with van der Waals surface area (Å²) in [6.45, 7) is 3.00. The number of nitrogens with zero attached hydrogens (tertiary/aromatic N) is 1. The van der Waals surface area contributed by atoms with Crippen molar-refractivity contribution in [3.63, 3.8) is 0 Å². The van der Waals surface area contributed by atoms with Crippen molar-refractivity contribution in [1.29, 1.82) is 0 Å². The van der Waals surface area contributed by atoms with E-state index in [2.05, 4.69) is 10.2 Å². The molecule has 0 atom stereocenters. The molecule has 1 saturated heterocycles. The minimum Gasteiger partial charge on any atom is -0.378 e. The quantitative estimate of drug-likeness (QED) is 0.919. The molecule has 0 unspecified atom stereocenters. The summed E-state index contributed by atoms with van der Waals surface area (Å²) in [5.74, 6) is -0.511. The molecular weight excluding hydrogens is 331 g/mol. The number of carbonyl (C=O) groups is 1. The number of morpholine rings is 1. The fourth-order valence-corrected chi connectivity index (χ4v) is 2.77. The van der Waals surface area contributed by atoms with Gasteiger partial charge in [-0.3, -0.25) is 4.79 Å². The standard InChI is InChI=1S/C18H18ClFN2O2/c19-16-6-5-15(22-7-9-24-10-8-22)12-17(16)21-18(23)11-13-1-3-14(20)4-2-13/h1-6,12H,7-11H2,(H,21,23). The molecule has 0 saturated carbocycles. The lowest BCUT2D eigenvalue weighted by atomic mass is 10.1. The van der Waals surface area contributed by atoms with E-state index in [9.17, 15) is 9.18 Å². The Labute approximate surface area is 145 Å². The molecule has 2 aromatic carbocycles. The van der Waals surface area contributed by atoms with Crippen molar-refractivity contribution < 1.29 is 13.9 Å². The van der Waals surface area contributed by atoms with Crippen molar-refractivity contribution >= 4 is 28.9 Å². The van der Waals surface area contributed by atoms with E-state index >= 15 is 0 Å². The summed E-state index contributed by atoms with van der Waals surface area (Å²) in [5, 5.41) is 3.32. The first kappa shape index (κ1) is 16.7. The van der Waals surface area contributed by atoms with Crippen LogP contribution in [0, 0.1) is 5.82 Å². The average molecular weight is 349 g/mol. The molecule has 0 aliphatic carbocycles. The molecule has 0 spiro atoms. The highest BCUT2D eigenvalue weighted by molar-refractivity contribution is 6.33. The van der Waals surface area contributed by atoms with Crippen LogP contribution in [-0.2, 0) is 16.0 Å². The minimum absolute atomic E-state index is 0.165. The number of nitrogens with one attached hydrogen (secondary N) is 1. The summed E-state index contributed by atoms with van der Waals surface area (Å²) in [7, 11) is 0. The summed E-state index contributed by atoms with van der Waals surface area (Å²) in [4.78, 5) is 14.4. The maximum atomic E-state index is 12.9. The topological polar surface area (TPSA) is 41.6 Å². The van der Waals surface area contributed by atoms with Gasteiger partial charge in [0.2, 0.25) is 5.91 Å². The Morgan fingerprint density at radius 3 is 2.58 bits per heavy atom. The predicted molar refractivity (Wildman–Crippen MR) is 93.2 cm³/mol. The van der Waals surface area contributed by atoms with E-state index in [-0.39, 0.29) is 18.1 Å². The molecule has 2 aromatic rings. The molecule has 0 bridgehead atoms. The third kappa shape index (κ3) is 4.24. The number of hydrogen-bond donors (Lipinski definition) is 1. The lowest BCUT2D eigenvalue weighted by Crippen LogP contribution is -2.36. The van der Waals surface area contributed by atoms with E-state index in [0.717, 1.165) is 24.3 Å². The summed E-state index contributed by atoms with van der Waals surface area (Å²) in [5.41, 5.74) is 2.32. The molecule has 0 aromatic heterocycles. The number of carbonyl (C=O) groups excluding carboxylic acids is 1. The first-order chi connectivity index (χ1) is 11.6. The fraction of sp³-hybridized carbons (Fsp3) is 0.278. The second-order valence-electron chi connectivity index (χ2n) is 5.61. The molecule has 126 valence electrons. The summed E-state index contributed by atoms with van der Waals surface area (Å²) in [6, 6.07) is 11.5. The van der Waals surface area contributed by atoms with Crippen LogP contribution in [0.15, 0.2) is 42.5 Å². The summed E-state index contributed by atoms with van der Waals surface area (Å²) >= 11 is 6.20. The number of rotatable bonds is 4. The van der Waals surface area contributed by atoms with Crippen LogP contribution in [0.25, 0.3) is 0 Å². The van der Waals surface area contributed by atoms with Crippen LogP contribution >= 0.6 is 11.6 Å².